The first kappa shape index (κ1) is 19.3. The smallest absolute Gasteiger partial charge is 0.240 e. The fraction of sp³-hybridized carbons (Fsp3) is 0.250. The summed E-state index contributed by atoms with van der Waals surface area (Å²) < 4.78 is 15.9. The Bertz CT molecular complexity index is 1020. The first-order valence-electron chi connectivity index (χ1n) is 8.94. The van der Waals surface area contributed by atoms with Gasteiger partial charge >= 0.3 is 0 Å². The third kappa shape index (κ3) is 3.92. The van der Waals surface area contributed by atoms with Crippen LogP contribution in [0.4, 0.5) is 17.2 Å². The molecular weight excluding hydrogens is 390 g/mol. The summed E-state index contributed by atoms with van der Waals surface area (Å²) >= 11 is 1.61. The molecule has 0 spiro atoms. The lowest BCUT2D eigenvalue weighted by Crippen LogP contribution is -2.24. The molecule has 8 nitrogen and oxygen atoms in total. The summed E-state index contributed by atoms with van der Waals surface area (Å²) in [7, 11) is 4.84. The van der Waals surface area contributed by atoms with E-state index in [1.807, 2.05) is 11.0 Å². The molecule has 150 valence electrons. The van der Waals surface area contributed by atoms with Gasteiger partial charge in [-0.3, -0.25) is 4.90 Å². The van der Waals surface area contributed by atoms with Gasteiger partial charge in [0.1, 0.15) is 11.8 Å². The molecule has 0 radical (unpaired) electrons. The predicted molar refractivity (Wildman–Crippen MR) is 111 cm³/mol. The molecule has 1 aliphatic rings. The number of rotatable bonds is 7. The molecule has 1 aliphatic heterocycles. The number of benzene rings is 1. The number of pyridine rings is 1. The van der Waals surface area contributed by atoms with Gasteiger partial charge < -0.3 is 19.5 Å². The van der Waals surface area contributed by atoms with E-state index < -0.39 is 0 Å². The summed E-state index contributed by atoms with van der Waals surface area (Å²) in [6.07, 6.45) is 3.40. The molecule has 1 aromatic carbocycles. The van der Waals surface area contributed by atoms with Gasteiger partial charge in [0, 0.05) is 37.0 Å². The van der Waals surface area contributed by atoms with Crippen LogP contribution >= 0.6 is 11.8 Å². The lowest BCUT2D eigenvalue weighted by atomic mass is 10.1. The van der Waals surface area contributed by atoms with Crippen LogP contribution in [0.15, 0.2) is 52.6 Å². The first-order valence-corrected chi connectivity index (χ1v) is 9.76. The van der Waals surface area contributed by atoms with Crippen molar-refractivity contribution in [3.63, 3.8) is 0 Å². The highest BCUT2D eigenvalue weighted by Crippen LogP contribution is 2.46. The molecule has 0 amide bonds. The topological polar surface area (TPSA) is 81.6 Å². The molecule has 0 bridgehead atoms. The minimum atomic E-state index is 0.395. The maximum Gasteiger partial charge on any atom is 0.240 e. The van der Waals surface area contributed by atoms with Crippen LogP contribution in [-0.4, -0.2) is 43.0 Å². The summed E-state index contributed by atoms with van der Waals surface area (Å²) in [5, 5.41) is 4.25. The van der Waals surface area contributed by atoms with Gasteiger partial charge in [-0.25, -0.2) is 9.97 Å². The highest BCUT2D eigenvalue weighted by Gasteiger charge is 2.25. The van der Waals surface area contributed by atoms with Gasteiger partial charge in [-0.2, -0.15) is 4.98 Å². The Morgan fingerprint density at radius 3 is 2.69 bits per heavy atom. The van der Waals surface area contributed by atoms with Crippen molar-refractivity contribution in [1.29, 1.82) is 0 Å². The number of aromatic nitrogens is 3. The van der Waals surface area contributed by atoms with E-state index in [9.17, 15) is 0 Å². The van der Waals surface area contributed by atoms with E-state index in [0.717, 1.165) is 32.7 Å². The molecule has 0 atom stereocenters. The summed E-state index contributed by atoms with van der Waals surface area (Å²) in [6.45, 7) is 1.00. The second-order valence-electron chi connectivity index (χ2n) is 6.20. The lowest BCUT2D eigenvalue weighted by molar-refractivity contribution is 0.204. The quantitative estimate of drug-likeness (QED) is 0.626. The molecular formula is C20H21N5O3S. The summed E-state index contributed by atoms with van der Waals surface area (Å²) in [5.41, 5.74) is 2.95. The largest absolute Gasteiger partial charge is 0.481 e. The fourth-order valence-corrected chi connectivity index (χ4v) is 4.03. The molecule has 9 heteroatoms. The van der Waals surface area contributed by atoms with Crippen LogP contribution in [0.3, 0.4) is 0 Å². The van der Waals surface area contributed by atoms with Crippen LogP contribution in [0.2, 0.25) is 0 Å². The third-order valence-electron chi connectivity index (χ3n) is 4.40. The number of hydrogen-bond donors (Lipinski definition) is 1. The Morgan fingerprint density at radius 2 is 1.90 bits per heavy atom. The normalized spacial score (nSPS) is 12.2. The summed E-state index contributed by atoms with van der Waals surface area (Å²) in [5.74, 6) is 1.80. The zero-order chi connectivity index (χ0) is 20.2. The van der Waals surface area contributed by atoms with E-state index in [2.05, 4.69) is 38.5 Å². The van der Waals surface area contributed by atoms with E-state index in [0.29, 0.717) is 25.0 Å². The maximum absolute atomic E-state index is 5.41. The van der Waals surface area contributed by atoms with Crippen LogP contribution < -0.4 is 19.7 Å². The second kappa shape index (κ2) is 8.54. The van der Waals surface area contributed by atoms with Crippen LogP contribution in [0, 0.1) is 0 Å². The number of anilines is 3. The van der Waals surface area contributed by atoms with Gasteiger partial charge in [-0.05, 0) is 23.8 Å². The van der Waals surface area contributed by atoms with Crippen molar-refractivity contribution in [3.05, 3.63) is 48.3 Å². The van der Waals surface area contributed by atoms with Crippen LogP contribution in [0.5, 0.6) is 11.8 Å². The molecule has 0 aliphatic carbocycles. The molecule has 0 saturated carbocycles. The average molecular weight is 411 g/mol. The van der Waals surface area contributed by atoms with Gasteiger partial charge in [0.05, 0.1) is 25.6 Å². The highest BCUT2D eigenvalue weighted by atomic mass is 32.2. The number of nitrogens with one attached hydrogen (secondary N) is 1. The number of fused-ring (bicyclic) bond motifs is 2. The van der Waals surface area contributed by atoms with Gasteiger partial charge in [0.15, 0.2) is 5.82 Å². The first-order chi connectivity index (χ1) is 14.2. The number of hydrogen-bond acceptors (Lipinski definition) is 9. The van der Waals surface area contributed by atoms with E-state index in [-0.39, 0.29) is 0 Å². The Morgan fingerprint density at radius 1 is 1.03 bits per heavy atom. The van der Waals surface area contributed by atoms with E-state index in [1.54, 1.807) is 51.6 Å². The predicted octanol–water partition coefficient (Wildman–Crippen LogP) is 3.71. The van der Waals surface area contributed by atoms with Crippen molar-refractivity contribution in [3.8, 4) is 11.8 Å². The monoisotopic (exact) mass is 411 g/mol. The van der Waals surface area contributed by atoms with Gasteiger partial charge in [-0.15, -0.1) is 0 Å². The zero-order valence-corrected chi connectivity index (χ0v) is 17.2. The van der Waals surface area contributed by atoms with Crippen LogP contribution in [0.1, 0.15) is 5.56 Å². The Labute approximate surface area is 173 Å². The molecule has 29 heavy (non-hydrogen) atoms. The highest BCUT2D eigenvalue weighted by molar-refractivity contribution is 7.99. The molecule has 1 N–H and O–H groups in total. The number of methoxy groups -OCH3 is 3. The minimum Gasteiger partial charge on any atom is -0.481 e. The second-order valence-corrected chi connectivity index (χ2v) is 7.23. The zero-order valence-electron chi connectivity index (χ0n) is 16.4. The SMILES string of the molecule is COCN1c2cc(CNc3ccc(OC)nc3OC)ccc2Sc2nccnc21. The van der Waals surface area contributed by atoms with Crippen molar-refractivity contribution in [2.45, 2.75) is 16.5 Å². The van der Waals surface area contributed by atoms with Crippen molar-refractivity contribution in [2.24, 2.45) is 0 Å². The Balaban J connectivity index is 1.58. The van der Waals surface area contributed by atoms with Crippen molar-refractivity contribution < 1.29 is 14.2 Å². The minimum absolute atomic E-state index is 0.395. The van der Waals surface area contributed by atoms with Gasteiger partial charge in [-0.1, -0.05) is 17.8 Å². The fourth-order valence-electron chi connectivity index (χ4n) is 3.05. The van der Waals surface area contributed by atoms with Crippen LogP contribution in [-0.2, 0) is 11.3 Å². The van der Waals surface area contributed by atoms with Crippen LogP contribution in [0.25, 0.3) is 0 Å². The van der Waals surface area contributed by atoms with E-state index >= 15 is 0 Å². The molecule has 0 saturated heterocycles. The lowest BCUT2D eigenvalue weighted by Gasteiger charge is -2.30. The molecule has 2 aromatic heterocycles. The third-order valence-corrected chi connectivity index (χ3v) is 5.45. The average Bonchev–Trinajstić information content (AvgIpc) is 2.77. The Hall–Kier alpha value is -3.04. The Kier molecular flexibility index (Phi) is 5.68. The molecule has 0 unspecified atom stereocenters. The summed E-state index contributed by atoms with van der Waals surface area (Å²) in [6, 6.07) is 10.0. The van der Waals surface area contributed by atoms with Crippen molar-refractivity contribution >= 4 is 29.0 Å². The standard InChI is InChI=1S/C20H21N5O3S/c1-26-12-25-15-10-13(4-6-16(15)29-20-18(25)21-8-9-22-20)11-23-14-5-7-17(27-2)24-19(14)28-3/h4-10,23H,11-12H2,1-3H3. The van der Waals surface area contributed by atoms with Crippen molar-refractivity contribution in [2.75, 3.05) is 38.3 Å². The van der Waals surface area contributed by atoms with E-state index in [4.69, 9.17) is 14.2 Å². The molecule has 0 fully saturated rings. The molecule has 4 rings (SSSR count). The number of nitrogens with zero attached hydrogens (tertiary/aromatic N) is 4. The molecule has 3 aromatic rings. The maximum atomic E-state index is 5.41. The van der Waals surface area contributed by atoms with Gasteiger partial charge in [0.2, 0.25) is 11.8 Å². The number of ether oxygens (including phenoxy) is 3. The summed E-state index contributed by atoms with van der Waals surface area (Å²) in [4.78, 5) is 16.4. The van der Waals surface area contributed by atoms with Gasteiger partial charge in [0.25, 0.3) is 0 Å². The van der Waals surface area contributed by atoms with E-state index in [1.165, 1.54) is 0 Å². The van der Waals surface area contributed by atoms with Crippen molar-refractivity contribution in [1.82, 2.24) is 15.0 Å². The molecule has 3 heterocycles.